The van der Waals surface area contributed by atoms with Crippen molar-refractivity contribution < 1.29 is 48.3 Å². The molecule has 0 amide bonds. The van der Waals surface area contributed by atoms with E-state index >= 15 is 0 Å². The molecule has 0 radical (unpaired) electrons. The second-order valence-electron chi connectivity index (χ2n) is 8.27. The number of ether oxygens (including phenoxy) is 4. The number of rotatable bonds is 11. The number of carboxylic acid groups (broad SMARTS) is 1. The van der Waals surface area contributed by atoms with E-state index in [1.54, 1.807) is 19.2 Å². The summed E-state index contributed by atoms with van der Waals surface area (Å²) in [4.78, 5) is 48.6. The molecule has 11 nitrogen and oxygen atoms in total. The van der Waals surface area contributed by atoms with E-state index < -0.39 is 60.8 Å². The monoisotopic (exact) mass is 483 g/mol. The lowest BCUT2D eigenvalue weighted by Gasteiger charge is -2.30. The third-order valence-electron chi connectivity index (χ3n) is 5.72. The predicted molar refractivity (Wildman–Crippen MR) is 117 cm³/mol. The number of nitrogens with zero attached hydrogens (tertiary/aromatic N) is 1. The van der Waals surface area contributed by atoms with Gasteiger partial charge in [0.1, 0.15) is 18.8 Å². The Hall–Kier alpha value is -2.92. The van der Waals surface area contributed by atoms with Gasteiger partial charge in [0.25, 0.3) is 0 Å². The quantitative estimate of drug-likeness (QED) is 0.325. The first-order valence-corrected chi connectivity index (χ1v) is 11.3. The van der Waals surface area contributed by atoms with Gasteiger partial charge in [0.2, 0.25) is 0 Å². The fourth-order valence-corrected chi connectivity index (χ4v) is 3.69. The molecule has 2 heterocycles. The molecule has 1 fully saturated rings. The van der Waals surface area contributed by atoms with Crippen LogP contribution in [0.5, 0.6) is 0 Å². The van der Waals surface area contributed by atoms with E-state index in [9.17, 15) is 29.4 Å². The van der Waals surface area contributed by atoms with Crippen molar-refractivity contribution in [2.24, 2.45) is 5.92 Å². The van der Waals surface area contributed by atoms with Crippen LogP contribution in [-0.2, 0) is 38.1 Å². The van der Waals surface area contributed by atoms with Crippen LogP contribution in [0.25, 0.3) is 0 Å². The summed E-state index contributed by atoms with van der Waals surface area (Å²) < 4.78 is 21.7. The number of aliphatic carboxylic acids is 1. The zero-order valence-electron chi connectivity index (χ0n) is 19.8. The molecule has 2 rings (SSSR count). The number of aliphatic hydroxyl groups is 1. The first-order valence-electron chi connectivity index (χ1n) is 11.3. The van der Waals surface area contributed by atoms with E-state index in [0.717, 1.165) is 0 Å². The Morgan fingerprint density at radius 2 is 1.91 bits per heavy atom. The molecule has 0 saturated carbocycles. The predicted octanol–water partition coefficient (Wildman–Crippen LogP) is 1.49. The van der Waals surface area contributed by atoms with Gasteiger partial charge in [-0.1, -0.05) is 26.8 Å². The van der Waals surface area contributed by atoms with Crippen molar-refractivity contribution in [3.05, 3.63) is 24.0 Å². The molecule has 0 aromatic rings. The number of esters is 3. The second-order valence-corrected chi connectivity index (χ2v) is 8.27. The Bertz CT molecular complexity index is 819. The summed E-state index contributed by atoms with van der Waals surface area (Å²) in [7, 11) is 0. The number of aliphatic hydroxyl groups excluding tert-OH is 1. The smallest absolute Gasteiger partial charge is 0.335 e. The number of allylic oxidation sites excluding steroid dienone is 1. The van der Waals surface area contributed by atoms with Crippen LogP contribution >= 0.6 is 0 Å². The fourth-order valence-electron chi connectivity index (χ4n) is 3.69. The molecule has 0 spiro atoms. The second kappa shape index (κ2) is 12.5. The molecule has 2 N–H and O–H groups in total. The summed E-state index contributed by atoms with van der Waals surface area (Å²) in [5.74, 6) is -3.71. The Morgan fingerprint density at radius 1 is 1.24 bits per heavy atom. The molecular weight excluding hydrogens is 450 g/mol. The molecule has 0 aromatic heterocycles. The van der Waals surface area contributed by atoms with Crippen LogP contribution in [0, 0.1) is 5.92 Å². The molecule has 2 aliphatic heterocycles. The summed E-state index contributed by atoms with van der Waals surface area (Å²) in [6, 6.07) is 0. The average molecular weight is 484 g/mol. The summed E-state index contributed by atoms with van der Waals surface area (Å²) in [5, 5.41) is 19.2. The highest BCUT2D eigenvalue weighted by Gasteiger charge is 2.47. The van der Waals surface area contributed by atoms with Gasteiger partial charge >= 0.3 is 23.9 Å². The van der Waals surface area contributed by atoms with Gasteiger partial charge in [-0.05, 0) is 12.8 Å². The van der Waals surface area contributed by atoms with Crippen LogP contribution in [-0.4, -0.2) is 76.2 Å². The fraction of sp³-hybridized carbons (Fsp3) is 0.652. The summed E-state index contributed by atoms with van der Waals surface area (Å²) in [6.07, 6.45) is 1.32. The first-order chi connectivity index (χ1) is 16.1. The first kappa shape index (κ1) is 27.3. The van der Waals surface area contributed by atoms with Gasteiger partial charge in [-0.3, -0.25) is 9.59 Å². The minimum atomic E-state index is -1.64. The average Bonchev–Trinajstić information content (AvgIpc) is 3.10. The summed E-state index contributed by atoms with van der Waals surface area (Å²) in [5.41, 5.74) is 0.143. The highest BCUT2D eigenvalue weighted by Crippen LogP contribution is 2.33. The summed E-state index contributed by atoms with van der Waals surface area (Å²) in [6.45, 7) is 6.49. The maximum atomic E-state index is 12.2. The topological polar surface area (TPSA) is 149 Å². The van der Waals surface area contributed by atoms with Crippen LogP contribution in [0.2, 0.25) is 0 Å². The molecule has 0 aliphatic carbocycles. The van der Waals surface area contributed by atoms with Crippen LogP contribution in [0.3, 0.4) is 0 Å². The Balaban J connectivity index is 1.99. The number of hydrogen-bond acceptors (Lipinski definition) is 10. The number of carboxylic acids is 1. The van der Waals surface area contributed by atoms with Crippen molar-refractivity contribution >= 4 is 23.9 Å². The molecule has 2 aliphatic rings. The summed E-state index contributed by atoms with van der Waals surface area (Å²) >= 11 is 0. The zero-order valence-corrected chi connectivity index (χ0v) is 19.8. The van der Waals surface area contributed by atoms with E-state index in [0.29, 0.717) is 12.8 Å². The minimum absolute atomic E-state index is 0.143. The molecule has 11 heteroatoms. The van der Waals surface area contributed by atoms with Gasteiger partial charge in [0.05, 0.1) is 12.0 Å². The molecule has 0 unspecified atom stereocenters. The third-order valence-corrected chi connectivity index (χ3v) is 5.72. The molecule has 0 aromatic carbocycles. The molecule has 1 saturated heterocycles. The lowest BCUT2D eigenvalue weighted by molar-refractivity contribution is -0.166. The van der Waals surface area contributed by atoms with Crippen LogP contribution in [0.4, 0.5) is 0 Å². The third kappa shape index (κ3) is 7.29. The van der Waals surface area contributed by atoms with Crippen LogP contribution in [0.15, 0.2) is 24.0 Å². The van der Waals surface area contributed by atoms with Crippen molar-refractivity contribution in [1.82, 2.24) is 4.90 Å². The van der Waals surface area contributed by atoms with Gasteiger partial charge in [-0.25, -0.2) is 9.59 Å². The van der Waals surface area contributed by atoms with E-state index in [1.165, 1.54) is 18.0 Å². The Labute approximate surface area is 198 Å². The Kier molecular flexibility index (Phi) is 10.1. The van der Waals surface area contributed by atoms with E-state index in [4.69, 9.17) is 18.9 Å². The lowest BCUT2D eigenvalue weighted by atomic mass is 10.00. The molecule has 190 valence electrons. The van der Waals surface area contributed by atoms with Gasteiger partial charge < -0.3 is 34.1 Å². The maximum Gasteiger partial charge on any atom is 0.335 e. The van der Waals surface area contributed by atoms with Crippen LogP contribution < -0.4 is 0 Å². The molecular formula is C23H33NO10. The zero-order chi connectivity index (χ0) is 25.4. The lowest BCUT2D eigenvalue weighted by Crippen LogP contribution is -2.40. The normalized spacial score (nSPS) is 25.0. The van der Waals surface area contributed by atoms with Gasteiger partial charge in [0.15, 0.2) is 18.4 Å². The van der Waals surface area contributed by atoms with Crippen molar-refractivity contribution in [3.63, 3.8) is 0 Å². The molecule has 0 bridgehead atoms. The van der Waals surface area contributed by atoms with Crippen molar-refractivity contribution in [1.29, 1.82) is 0 Å². The van der Waals surface area contributed by atoms with E-state index in [-0.39, 0.29) is 24.7 Å². The van der Waals surface area contributed by atoms with Crippen LogP contribution in [0.1, 0.15) is 53.4 Å². The number of carbonyl (C=O) groups is 4. The highest BCUT2D eigenvalue weighted by atomic mass is 16.6. The SMILES string of the molecule is CCC(CC)OC(=O)[C@@H](O)CC(=O)OC[C@H]1O[C@@H](N2C=CCC(C(=O)O)=C2)[C@H](OC(C)=O)[C@@H]1C. The van der Waals surface area contributed by atoms with Crippen molar-refractivity contribution in [2.75, 3.05) is 6.61 Å². The largest absolute Gasteiger partial charge is 0.478 e. The number of hydrogen-bond donors (Lipinski definition) is 2. The molecule has 5 atom stereocenters. The molecule has 34 heavy (non-hydrogen) atoms. The minimum Gasteiger partial charge on any atom is -0.478 e. The standard InChI is InChI=1S/C23H33NO10/c1-5-16(6-2)33-23(30)17(26)10-19(27)31-12-18-13(3)20(32-14(4)25)21(34-18)24-9-7-8-15(11-24)22(28)29/h7,9,11,13,16-18,20-21,26H,5-6,8,10,12H2,1-4H3,(H,28,29)/t13-,17+,18-,20-,21-/m1/s1. The number of carbonyl (C=O) groups excluding carboxylic acids is 3. The van der Waals surface area contributed by atoms with Crippen molar-refractivity contribution in [2.45, 2.75) is 84.0 Å². The van der Waals surface area contributed by atoms with Gasteiger partial charge in [0, 0.05) is 31.7 Å². The Morgan fingerprint density at radius 3 is 2.50 bits per heavy atom. The van der Waals surface area contributed by atoms with Gasteiger partial charge in [-0.15, -0.1) is 0 Å². The highest BCUT2D eigenvalue weighted by molar-refractivity contribution is 5.87. The van der Waals surface area contributed by atoms with E-state index in [2.05, 4.69) is 0 Å². The maximum absolute atomic E-state index is 12.2. The van der Waals surface area contributed by atoms with Gasteiger partial charge in [-0.2, -0.15) is 0 Å². The van der Waals surface area contributed by atoms with E-state index in [1.807, 2.05) is 13.8 Å². The van der Waals surface area contributed by atoms with Crippen molar-refractivity contribution in [3.8, 4) is 0 Å².